The van der Waals surface area contributed by atoms with Gasteiger partial charge in [-0.1, -0.05) is 12.1 Å². The van der Waals surface area contributed by atoms with Crippen LogP contribution in [0.3, 0.4) is 0 Å². The molecular formula is C18H18O3. The highest BCUT2D eigenvalue weighted by Gasteiger charge is 2.42. The van der Waals surface area contributed by atoms with Crippen molar-refractivity contribution in [2.45, 2.75) is 18.8 Å². The first-order valence-corrected chi connectivity index (χ1v) is 6.95. The highest BCUT2D eigenvalue weighted by atomic mass is 16.5. The van der Waals surface area contributed by atoms with Crippen molar-refractivity contribution in [2.75, 3.05) is 14.2 Å². The summed E-state index contributed by atoms with van der Waals surface area (Å²) in [4.78, 5) is 12.8. The van der Waals surface area contributed by atoms with Crippen LogP contribution in [0.4, 0.5) is 0 Å². The maximum Gasteiger partial charge on any atom is 0.173 e. The lowest BCUT2D eigenvalue weighted by Gasteiger charge is -2.22. The first-order valence-electron chi connectivity index (χ1n) is 6.95. The van der Waals surface area contributed by atoms with Gasteiger partial charge in [0.05, 0.1) is 19.6 Å². The van der Waals surface area contributed by atoms with E-state index < -0.39 is 5.41 Å². The van der Waals surface area contributed by atoms with Crippen LogP contribution in [-0.2, 0) is 11.8 Å². The van der Waals surface area contributed by atoms with Crippen molar-refractivity contribution in [3.05, 3.63) is 59.2 Å². The van der Waals surface area contributed by atoms with Crippen LogP contribution < -0.4 is 9.47 Å². The Balaban J connectivity index is 2.01. The Kier molecular flexibility index (Phi) is 3.20. The number of fused-ring (bicyclic) bond motifs is 1. The van der Waals surface area contributed by atoms with Gasteiger partial charge in [0.15, 0.2) is 5.78 Å². The number of hydrogen-bond donors (Lipinski definition) is 0. The van der Waals surface area contributed by atoms with E-state index in [9.17, 15) is 4.79 Å². The minimum Gasteiger partial charge on any atom is -0.497 e. The second-order valence-electron chi connectivity index (χ2n) is 5.59. The van der Waals surface area contributed by atoms with Crippen LogP contribution in [0.5, 0.6) is 11.5 Å². The Morgan fingerprint density at radius 1 is 0.952 bits per heavy atom. The largest absolute Gasteiger partial charge is 0.497 e. The first kappa shape index (κ1) is 13.7. The van der Waals surface area contributed by atoms with Crippen LogP contribution in [0.1, 0.15) is 28.4 Å². The Labute approximate surface area is 124 Å². The summed E-state index contributed by atoms with van der Waals surface area (Å²) in [5.41, 5.74) is 2.36. The van der Waals surface area contributed by atoms with Gasteiger partial charge in [-0.05, 0) is 54.8 Å². The summed E-state index contributed by atoms with van der Waals surface area (Å²) < 4.78 is 10.4. The molecule has 1 atom stereocenters. The molecule has 3 nitrogen and oxygen atoms in total. The number of carbonyl (C=O) groups excluding carboxylic acids is 1. The standard InChI is InChI=1S/C18H18O3/c1-18(13-4-6-14(20-2)7-5-13)11-12-10-15(21-3)8-9-16(12)17(18)19/h4-10H,11H2,1-3H3. The average Bonchev–Trinajstić information content (AvgIpc) is 2.79. The van der Waals surface area contributed by atoms with Crippen molar-refractivity contribution in [3.8, 4) is 11.5 Å². The number of methoxy groups -OCH3 is 2. The van der Waals surface area contributed by atoms with Gasteiger partial charge in [-0.25, -0.2) is 0 Å². The van der Waals surface area contributed by atoms with Crippen LogP contribution in [0.25, 0.3) is 0 Å². The van der Waals surface area contributed by atoms with Gasteiger partial charge >= 0.3 is 0 Å². The molecule has 0 aliphatic heterocycles. The fourth-order valence-electron chi connectivity index (χ4n) is 3.02. The molecule has 1 aliphatic rings. The Hall–Kier alpha value is -2.29. The predicted octanol–water partition coefficient (Wildman–Crippen LogP) is 3.40. The predicted molar refractivity (Wildman–Crippen MR) is 81.4 cm³/mol. The van der Waals surface area contributed by atoms with Crippen LogP contribution in [0, 0.1) is 0 Å². The third-order valence-corrected chi connectivity index (χ3v) is 4.33. The third-order valence-electron chi connectivity index (χ3n) is 4.33. The summed E-state index contributed by atoms with van der Waals surface area (Å²) in [5.74, 6) is 1.76. The quantitative estimate of drug-likeness (QED) is 0.865. The summed E-state index contributed by atoms with van der Waals surface area (Å²) in [7, 11) is 3.28. The van der Waals surface area contributed by atoms with E-state index in [1.165, 1.54) is 0 Å². The lowest BCUT2D eigenvalue weighted by Crippen LogP contribution is -2.29. The van der Waals surface area contributed by atoms with Gasteiger partial charge in [-0.3, -0.25) is 4.79 Å². The molecule has 0 bridgehead atoms. The molecule has 0 radical (unpaired) electrons. The van der Waals surface area contributed by atoms with Gasteiger partial charge in [-0.2, -0.15) is 0 Å². The average molecular weight is 282 g/mol. The number of carbonyl (C=O) groups is 1. The molecular weight excluding hydrogens is 264 g/mol. The maximum absolute atomic E-state index is 12.8. The summed E-state index contributed by atoms with van der Waals surface area (Å²) in [6, 6.07) is 13.4. The topological polar surface area (TPSA) is 35.5 Å². The number of rotatable bonds is 3. The molecule has 1 aliphatic carbocycles. The van der Waals surface area contributed by atoms with Crippen molar-refractivity contribution in [1.29, 1.82) is 0 Å². The zero-order valence-electron chi connectivity index (χ0n) is 12.5. The molecule has 0 saturated carbocycles. The molecule has 0 fully saturated rings. The van der Waals surface area contributed by atoms with Gasteiger partial charge in [0.1, 0.15) is 11.5 Å². The lowest BCUT2D eigenvalue weighted by molar-refractivity contribution is 0.0915. The van der Waals surface area contributed by atoms with E-state index in [2.05, 4.69) is 0 Å². The molecule has 2 aromatic carbocycles. The minimum absolute atomic E-state index is 0.172. The van der Waals surface area contributed by atoms with Crippen LogP contribution in [0.2, 0.25) is 0 Å². The van der Waals surface area contributed by atoms with E-state index in [1.807, 2.05) is 49.4 Å². The van der Waals surface area contributed by atoms with Gasteiger partial charge in [0.2, 0.25) is 0 Å². The number of hydrogen-bond acceptors (Lipinski definition) is 3. The molecule has 3 rings (SSSR count). The van der Waals surface area contributed by atoms with Crippen molar-refractivity contribution < 1.29 is 14.3 Å². The van der Waals surface area contributed by atoms with Gasteiger partial charge in [0.25, 0.3) is 0 Å². The molecule has 0 heterocycles. The molecule has 0 saturated heterocycles. The number of Topliss-reactive ketones (excluding diaryl/α,β-unsaturated/α-hetero) is 1. The normalized spacial score (nSPS) is 20.2. The summed E-state index contributed by atoms with van der Waals surface area (Å²) >= 11 is 0. The zero-order valence-corrected chi connectivity index (χ0v) is 12.5. The van der Waals surface area contributed by atoms with E-state index in [1.54, 1.807) is 14.2 Å². The minimum atomic E-state index is -0.513. The van der Waals surface area contributed by atoms with Crippen molar-refractivity contribution in [2.24, 2.45) is 0 Å². The molecule has 108 valence electrons. The molecule has 0 spiro atoms. The summed E-state index contributed by atoms with van der Waals surface area (Å²) in [5, 5.41) is 0. The fraction of sp³-hybridized carbons (Fsp3) is 0.278. The molecule has 0 aromatic heterocycles. The van der Waals surface area contributed by atoms with Crippen LogP contribution >= 0.6 is 0 Å². The Bertz CT molecular complexity index is 688. The monoisotopic (exact) mass is 282 g/mol. The molecule has 2 aromatic rings. The lowest BCUT2D eigenvalue weighted by atomic mass is 9.79. The third kappa shape index (κ3) is 2.09. The van der Waals surface area contributed by atoms with Crippen LogP contribution in [0.15, 0.2) is 42.5 Å². The van der Waals surface area contributed by atoms with Gasteiger partial charge in [0, 0.05) is 5.56 Å². The van der Waals surface area contributed by atoms with Crippen molar-refractivity contribution in [1.82, 2.24) is 0 Å². The van der Waals surface area contributed by atoms with Crippen LogP contribution in [-0.4, -0.2) is 20.0 Å². The van der Waals surface area contributed by atoms with Crippen molar-refractivity contribution >= 4 is 5.78 Å². The Morgan fingerprint density at radius 2 is 1.57 bits per heavy atom. The molecule has 21 heavy (non-hydrogen) atoms. The van der Waals surface area contributed by atoms with Crippen molar-refractivity contribution in [3.63, 3.8) is 0 Å². The molecule has 3 heteroatoms. The summed E-state index contributed by atoms with van der Waals surface area (Å²) in [6.45, 7) is 2.00. The second-order valence-corrected chi connectivity index (χ2v) is 5.59. The summed E-state index contributed by atoms with van der Waals surface area (Å²) in [6.07, 6.45) is 0.699. The SMILES string of the molecule is COc1ccc(C2(C)Cc3cc(OC)ccc3C2=O)cc1. The first-order chi connectivity index (χ1) is 10.1. The van der Waals surface area contributed by atoms with Gasteiger partial charge < -0.3 is 9.47 Å². The number of benzene rings is 2. The van der Waals surface area contributed by atoms with E-state index in [-0.39, 0.29) is 5.78 Å². The maximum atomic E-state index is 12.8. The fourth-order valence-corrected chi connectivity index (χ4v) is 3.02. The molecule has 1 unspecified atom stereocenters. The smallest absolute Gasteiger partial charge is 0.173 e. The Morgan fingerprint density at radius 3 is 2.19 bits per heavy atom. The van der Waals surface area contributed by atoms with E-state index >= 15 is 0 Å². The highest BCUT2D eigenvalue weighted by Crippen LogP contribution is 2.41. The number of ether oxygens (including phenoxy) is 2. The second kappa shape index (κ2) is 4.92. The van der Waals surface area contributed by atoms with E-state index in [4.69, 9.17) is 9.47 Å². The van der Waals surface area contributed by atoms with E-state index in [0.29, 0.717) is 6.42 Å². The molecule has 0 amide bonds. The highest BCUT2D eigenvalue weighted by molar-refractivity contribution is 6.08. The number of ketones is 1. The molecule has 0 N–H and O–H groups in total. The zero-order chi connectivity index (χ0) is 15.0. The van der Waals surface area contributed by atoms with E-state index in [0.717, 1.165) is 28.2 Å². The van der Waals surface area contributed by atoms with Gasteiger partial charge in [-0.15, -0.1) is 0 Å².